The van der Waals surface area contributed by atoms with Gasteiger partial charge in [0.1, 0.15) is 0 Å². The Morgan fingerprint density at radius 3 is 1.12 bits per heavy atom. The Morgan fingerprint density at radius 1 is 1.12 bits per heavy atom. The summed E-state index contributed by atoms with van der Waals surface area (Å²) in [5.74, 6) is 0. The summed E-state index contributed by atoms with van der Waals surface area (Å²) >= 11 is -4.38. The SMILES string of the molecule is O=[As](O)(O)O.[O]=[Ti].[RbH]. The van der Waals surface area contributed by atoms with Crippen LogP contribution in [-0.2, 0) is 27.5 Å². The van der Waals surface area contributed by atoms with Crippen molar-refractivity contribution in [1.29, 1.82) is 0 Å². The molecule has 8 heteroatoms. The third-order valence-corrected chi connectivity index (χ3v) is 0. The summed E-state index contributed by atoms with van der Waals surface area (Å²) in [7, 11) is 0. The second-order valence-corrected chi connectivity index (χ2v) is 2.67. The molecule has 44 valence electrons. The van der Waals surface area contributed by atoms with E-state index in [1.54, 1.807) is 0 Å². The van der Waals surface area contributed by atoms with E-state index in [9.17, 15) is 0 Å². The Morgan fingerprint density at radius 2 is 1.12 bits per heavy atom. The van der Waals surface area contributed by atoms with E-state index in [1.807, 2.05) is 0 Å². The molecular weight excluding hydrogens is 288 g/mol. The van der Waals surface area contributed by atoms with Crippen LogP contribution in [0.1, 0.15) is 0 Å². The van der Waals surface area contributed by atoms with E-state index in [0.29, 0.717) is 0 Å². The average molecular weight is 292 g/mol. The first kappa shape index (κ1) is 16.9. The van der Waals surface area contributed by atoms with Crippen molar-refractivity contribution in [2.75, 3.05) is 0 Å². The molecule has 0 rings (SSSR count). The fourth-order valence-corrected chi connectivity index (χ4v) is 0. The summed E-state index contributed by atoms with van der Waals surface area (Å²) in [6.07, 6.45) is 0. The van der Waals surface area contributed by atoms with Gasteiger partial charge >= 0.3 is 112 Å². The van der Waals surface area contributed by atoms with E-state index in [4.69, 9.17) is 19.4 Å². The molecule has 0 amide bonds. The molecule has 0 aliphatic heterocycles. The predicted molar refractivity (Wildman–Crippen MR) is 20.9 cm³/mol. The molecule has 0 saturated heterocycles. The Labute approximate surface area is 110 Å². The topological polar surface area (TPSA) is 94.8 Å². The monoisotopic (exact) mass is 292 g/mol. The van der Waals surface area contributed by atoms with Crippen molar-refractivity contribution < 1.29 is 39.8 Å². The van der Waals surface area contributed by atoms with Crippen LogP contribution < -0.4 is 0 Å². The summed E-state index contributed by atoms with van der Waals surface area (Å²) in [6, 6.07) is 0. The van der Waals surface area contributed by atoms with Gasteiger partial charge in [0.15, 0.2) is 0 Å². The van der Waals surface area contributed by atoms with Gasteiger partial charge in [0, 0.05) is 0 Å². The second kappa shape index (κ2) is 9.56. The molecule has 0 aromatic rings. The number of rotatable bonds is 0. The van der Waals surface area contributed by atoms with Gasteiger partial charge in [-0.2, -0.15) is 0 Å². The molecule has 0 radical (unpaired) electrons. The van der Waals surface area contributed by atoms with Crippen molar-refractivity contribution in [3.8, 4) is 0 Å². The van der Waals surface area contributed by atoms with Crippen LogP contribution in [0.2, 0.25) is 0 Å². The van der Waals surface area contributed by atoms with Crippen LogP contribution in [0.15, 0.2) is 0 Å². The van der Waals surface area contributed by atoms with Crippen LogP contribution in [-0.4, -0.2) is 85.0 Å². The summed E-state index contributed by atoms with van der Waals surface area (Å²) in [4.78, 5) is 0. The van der Waals surface area contributed by atoms with Gasteiger partial charge in [0.25, 0.3) is 0 Å². The van der Waals surface area contributed by atoms with E-state index in [0.717, 1.165) is 20.4 Å². The predicted octanol–water partition coefficient (Wildman–Crippen LogP) is -2.94. The van der Waals surface area contributed by atoms with Crippen molar-refractivity contribution in [2.45, 2.75) is 0 Å². The molecule has 5 nitrogen and oxygen atoms in total. The van der Waals surface area contributed by atoms with Crippen LogP contribution in [0.25, 0.3) is 0 Å². The Balaban J connectivity index is -0.0000000750. The van der Waals surface area contributed by atoms with E-state index in [1.165, 1.54) is 0 Å². The van der Waals surface area contributed by atoms with E-state index < -0.39 is 14.5 Å². The Bertz CT molecular complexity index is 68.2. The molecule has 0 heterocycles. The van der Waals surface area contributed by atoms with Gasteiger partial charge in [-0.1, -0.05) is 0 Å². The van der Waals surface area contributed by atoms with Crippen LogP contribution >= 0.6 is 0 Å². The molecule has 3 N–H and O–H groups in total. The van der Waals surface area contributed by atoms with Gasteiger partial charge < -0.3 is 0 Å². The maximum absolute atomic E-state index is 8.94. The zero-order valence-corrected chi connectivity index (χ0v) is 6.54. The first-order chi connectivity index (χ1) is 3.00. The fraction of sp³-hybridized carbons (Fsp3) is 0. The molecule has 0 aromatic heterocycles. The molecule has 0 atom stereocenters. The molecule has 0 fully saturated rings. The summed E-state index contributed by atoms with van der Waals surface area (Å²) < 4.78 is 38.9. The number of hydrogen-bond acceptors (Lipinski definition) is 2. The van der Waals surface area contributed by atoms with Gasteiger partial charge in [0.05, 0.1) is 0 Å². The Kier molecular flexibility index (Phi) is 20.2. The third kappa shape index (κ3) is 74.7. The molecule has 0 unspecified atom stereocenters. The van der Waals surface area contributed by atoms with Crippen LogP contribution in [0.5, 0.6) is 0 Å². The molecule has 0 bridgehead atoms. The minimum absolute atomic E-state index is 0. The van der Waals surface area contributed by atoms with Gasteiger partial charge in [-0.3, -0.25) is 0 Å². The first-order valence-electron chi connectivity index (χ1n) is 0.987. The molecule has 8 heavy (non-hydrogen) atoms. The molecule has 0 aliphatic rings. The van der Waals surface area contributed by atoms with Crippen molar-refractivity contribution in [2.24, 2.45) is 0 Å². The normalized spacial score (nSPS) is 7.75. The van der Waals surface area contributed by atoms with E-state index in [-0.39, 0.29) is 58.2 Å². The van der Waals surface area contributed by atoms with Crippen molar-refractivity contribution in [3.05, 3.63) is 0 Å². The fourth-order valence-electron chi connectivity index (χ4n) is 0. The van der Waals surface area contributed by atoms with E-state index in [2.05, 4.69) is 0 Å². The van der Waals surface area contributed by atoms with Crippen molar-refractivity contribution in [1.82, 2.24) is 0 Å². The van der Waals surface area contributed by atoms with E-state index >= 15 is 0 Å². The standard InChI is InChI=1S/AsH3O4.O.Rb.Ti.H/c2-1(3,4)5;;;;/h(H3,2,3,4,5);;;;. The third-order valence-electron chi connectivity index (χ3n) is 0. The zero-order chi connectivity index (χ0) is 6.50. The molecule has 0 saturated carbocycles. The molecule has 0 aliphatic carbocycles. The van der Waals surface area contributed by atoms with Crippen LogP contribution in [0.4, 0.5) is 0 Å². The summed E-state index contributed by atoms with van der Waals surface area (Å²) in [6.45, 7) is 0. The van der Waals surface area contributed by atoms with Crippen molar-refractivity contribution >= 4 is 72.7 Å². The first-order valence-corrected chi connectivity index (χ1v) is 4.91. The van der Waals surface area contributed by atoms with Gasteiger partial charge in [-0.05, 0) is 0 Å². The average Bonchev–Trinajstić information content (AvgIpc) is 1.36. The second-order valence-electron chi connectivity index (χ2n) is 0.513. The van der Waals surface area contributed by atoms with Gasteiger partial charge in [-0.15, -0.1) is 0 Å². The minimum atomic E-state index is -5.12. The molecular formula is H4AsO5RbTi. The maximum atomic E-state index is 8.94. The van der Waals surface area contributed by atoms with Crippen molar-refractivity contribution in [3.63, 3.8) is 0 Å². The summed E-state index contributed by atoms with van der Waals surface area (Å²) in [5.41, 5.74) is 0. The Hall–Kier alpha value is 2.56. The zero-order valence-electron chi connectivity index (χ0n) is 3.11. The van der Waals surface area contributed by atoms with Gasteiger partial charge in [-0.25, -0.2) is 0 Å². The number of hydrogen-bond donors (Lipinski definition) is 3. The van der Waals surface area contributed by atoms with Crippen LogP contribution in [0, 0.1) is 0 Å². The molecule has 0 aromatic carbocycles. The quantitative estimate of drug-likeness (QED) is 0.415. The van der Waals surface area contributed by atoms with Gasteiger partial charge in [0.2, 0.25) is 0 Å². The molecule has 0 spiro atoms. The summed E-state index contributed by atoms with van der Waals surface area (Å²) in [5, 5.41) is 0. The van der Waals surface area contributed by atoms with Crippen LogP contribution in [0.3, 0.4) is 0 Å².